The van der Waals surface area contributed by atoms with Gasteiger partial charge in [0.25, 0.3) is 5.91 Å². The molecule has 2 aromatic carbocycles. The Balaban J connectivity index is 1.63. The van der Waals surface area contributed by atoms with Crippen LogP contribution in [0.5, 0.6) is 11.5 Å². The molecule has 1 heterocycles. The number of para-hydroxylation sites is 2. The number of hydrogen-bond acceptors (Lipinski definition) is 5. The van der Waals surface area contributed by atoms with Crippen LogP contribution in [0, 0.1) is 0 Å². The van der Waals surface area contributed by atoms with Crippen LogP contribution in [0.3, 0.4) is 0 Å². The predicted octanol–water partition coefficient (Wildman–Crippen LogP) is 2.14. The average Bonchev–Trinajstić information content (AvgIpc) is 2.70. The SMILES string of the molecule is CC1Oc2ccccc2N(CC(=O)NC(C)c2ccc(OCC(=O)O)cc2)C1=O. The van der Waals surface area contributed by atoms with Gasteiger partial charge in [-0.1, -0.05) is 24.3 Å². The Kier molecular flexibility index (Phi) is 6.01. The monoisotopic (exact) mass is 398 g/mol. The summed E-state index contributed by atoms with van der Waals surface area (Å²) in [5.74, 6) is -0.632. The number of anilines is 1. The summed E-state index contributed by atoms with van der Waals surface area (Å²) in [4.78, 5) is 37.0. The number of carbonyl (C=O) groups excluding carboxylic acids is 2. The molecule has 1 aliphatic heterocycles. The number of fused-ring (bicyclic) bond motifs is 1. The van der Waals surface area contributed by atoms with Crippen molar-refractivity contribution in [1.29, 1.82) is 0 Å². The van der Waals surface area contributed by atoms with Crippen LogP contribution >= 0.6 is 0 Å². The van der Waals surface area contributed by atoms with E-state index in [-0.39, 0.29) is 24.4 Å². The fourth-order valence-electron chi connectivity index (χ4n) is 3.03. The molecule has 3 rings (SSSR count). The molecule has 2 N–H and O–H groups in total. The quantitative estimate of drug-likeness (QED) is 0.740. The Bertz CT molecular complexity index is 912. The third-order valence-corrected chi connectivity index (χ3v) is 4.50. The molecule has 0 bridgehead atoms. The maximum absolute atomic E-state index is 12.6. The van der Waals surface area contributed by atoms with Crippen molar-refractivity contribution in [3.63, 3.8) is 0 Å². The van der Waals surface area contributed by atoms with E-state index in [1.54, 1.807) is 49.4 Å². The third-order valence-electron chi connectivity index (χ3n) is 4.50. The fraction of sp³-hybridized carbons (Fsp3) is 0.286. The molecule has 2 aromatic rings. The molecule has 29 heavy (non-hydrogen) atoms. The highest BCUT2D eigenvalue weighted by Gasteiger charge is 2.32. The van der Waals surface area contributed by atoms with Crippen LogP contribution in [0.25, 0.3) is 0 Å². The number of nitrogens with zero attached hydrogens (tertiary/aromatic N) is 1. The largest absolute Gasteiger partial charge is 0.482 e. The molecule has 0 aromatic heterocycles. The molecule has 0 fully saturated rings. The summed E-state index contributed by atoms with van der Waals surface area (Å²) >= 11 is 0. The first-order valence-electron chi connectivity index (χ1n) is 9.16. The van der Waals surface area contributed by atoms with Gasteiger partial charge in [-0.2, -0.15) is 0 Å². The summed E-state index contributed by atoms with van der Waals surface area (Å²) in [6.45, 7) is 2.94. The minimum absolute atomic E-state index is 0.117. The molecule has 0 spiro atoms. The lowest BCUT2D eigenvalue weighted by Crippen LogP contribution is -2.49. The summed E-state index contributed by atoms with van der Waals surface area (Å²) < 4.78 is 10.7. The molecule has 0 saturated carbocycles. The van der Waals surface area contributed by atoms with Gasteiger partial charge in [0, 0.05) is 0 Å². The Morgan fingerprint density at radius 1 is 1.21 bits per heavy atom. The Hall–Kier alpha value is -3.55. The topological polar surface area (TPSA) is 105 Å². The van der Waals surface area contributed by atoms with Crippen LogP contribution in [0.15, 0.2) is 48.5 Å². The second-order valence-electron chi connectivity index (χ2n) is 6.69. The smallest absolute Gasteiger partial charge is 0.341 e. The van der Waals surface area contributed by atoms with E-state index in [9.17, 15) is 14.4 Å². The highest BCUT2D eigenvalue weighted by molar-refractivity contribution is 6.03. The van der Waals surface area contributed by atoms with Crippen molar-refractivity contribution in [2.45, 2.75) is 26.0 Å². The molecule has 2 atom stereocenters. The highest BCUT2D eigenvalue weighted by atomic mass is 16.5. The molecule has 0 radical (unpaired) electrons. The molecule has 2 unspecified atom stereocenters. The first kappa shape index (κ1) is 20.2. The van der Waals surface area contributed by atoms with Crippen LogP contribution in [-0.4, -0.2) is 42.1 Å². The van der Waals surface area contributed by atoms with Gasteiger partial charge in [-0.3, -0.25) is 14.5 Å². The minimum Gasteiger partial charge on any atom is -0.482 e. The van der Waals surface area contributed by atoms with E-state index in [0.717, 1.165) is 5.56 Å². The first-order chi connectivity index (χ1) is 13.8. The Morgan fingerprint density at radius 3 is 2.59 bits per heavy atom. The number of nitrogens with one attached hydrogen (secondary N) is 1. The number of carboxylic acid groups (broad SMARTS) is 1. The van der Waals surface area contributed by atoms with Crippen molar-refractivity contribution >= 4 is 23.5 Å². The molecule has 0 aliphatic carbocycles. The van der Waals surface area contributed by atoms with E-state index >= 15 is 0 Å². The highest BCUT2D eigenvalue weighted by Crippen LogP contribution is 2.33. The van der Waals surface area contributed by atoms with Crippen LogP contribution in [-0.2, 0) is 14.4 Å². The zero-order chi connectivity index (χ0) is 21.0. The molecular weight excluding hydrogens is 376 g/mol. The molecule has 2 amide bonds. The van der Waals surface area contributed by atoms with E-state index < -0.39 is 18.7 Å². The van der Waals surface area contributed by atoms with Gasteiger partial charge >= 0.3 is 5.97 Å². The van der Waals surface area contributed by atoms with E-state index in [1.165, 1.54) is 4.90 Å². The third kappa shape index (κ3) is 4.84. The number of amides is 2. The van der Waals surface area contributed by atoms with Crippen molar-refractivity contribution in [2.75, 3.05) is 18.1 Å². The predicted molar refractivity (Wildman–Crippen MR) is 105 cm³/mol. The maximum Gasteiger partial charge on any atom is 0.341 e. The van der Waals surface area contributed by atoms with Gasteiger partial charge in [0.05, 0.1) is 11.7 Å². The summed E-state index contributed by atoms with van der Waals surface area (Å²) in [7, 11) is 0. The van der Waals surface area contributed by atoms with Gasteiger partial charge < -0.3 is 19.9 Å². The summed E-state index contributed by atoms with van der Waals surface area (Å²) in [6.07, 6.45) is -0.659. The molecular formula is C21H22N2O6. The number of benzene rings is 2. The number of carboxylic acids is 1. The number of carbonyl (C=O) groups is 3. The number of rotatable bonds is 7. The van der Waals surface area contributed by atoms with E-state index in [1.807, 2.05) is 13.0 Å². The summed E-state index contributed by atoms with van der Waals surface area (Å²) in [5, 5.41) is 11.5. The van der Waals surface area contributed by atoms with Gasteiger partial charge in [-0.15, -0.1) is 0 Å². The lowest BCUT2D eigenvalue weighted by Gasteiger charge is -2.32. The maximum atomic E-state index is 12.6. The van der Waals surface area contributed by atoms with E-state index in [2.05, 4.69) is 5.32 Å². The zero-order valence-corrected chi connectivity index (χ0v) is 16.1. The van der Waals surface area contributed by atoms with Crippen molar-refractivity contribution in [2.24, 2.45) is 0 Å². The Labute approximate surface area is 168 Å². The van der Waals surface area contributed by atoms with Gasteiger partial charge in [-0.25, -0.2) is 4.79 Å². The average molecular weight is 398 g/mol. The zero-order valence-electron chi connectivity index (χ0n) is 16.1. The lowest BCUT2D eigenvalue weighted by atomic mass is 10.1. The fourth-order valence-corrected chi connectivity index (χ4v) is 3.03. The number of ether oxygens (including phenoxy) is 2. The lowest BCUT2D eigenvalue weighted by molar-refractivity contribution is -0.139. The van der Waals surface area contributed by atoms with Crippen LogP contribution in [0.1, 0.15) is 25.5 Å². The molecule has 1 aliphatic rings. The second-order valence-corrected chi connectivity index (χ2v) is 6.69. The van der Waals surface area contributed by atoms with Crippen LogP contribution in [0.2, 0.25) is 0 Å². The van der Waals surface area contributed by atoms with Gasteiger partial charge in [-0.05, 0) is 43.7 Å². The number of hydrogen-bond donors (Lipinski definition) is 2. The van der Waals surface area contributed by atoms with Crippen molar-refractivity contribution in [1.82, 2.24) is 5.32 Å². The molecule has 0 saturated heterocycles. The van der Waals surface area contributed by atoms with Gasteiger partial charge in [0.15, 0.2) is 12.7 Å². The van der Waals surface area contributed by atoms with Crippen molar-refractivity contribution in [3.05, 3.63) is 54.1 Å². The Morgan fingerprint density at radius 2 is 1.90 bits per heavy atom. The minimum atomic E-state index is -1.05. The van der Waals surface area contributed by atoms with E-state index in [4.69, 9.17) is 14.6 Å². The van der Waals surface area contributed by atoms with Crippen molar-refractivity contribution in [3.8, 4) is 11.5 Å². The van der Waals surface area contributed by atoms with Gasteiger partial charge in [0.1, 0.15) is 18.0 Å². The normalized spacial score (nSPS) is 16.4. The second kappa shape index (κ2) is 8.64. The van der Waals surface area contributed by atoms with E-state index in [0.29, 0.717) is 17.2 Å². The molecule has 8 nitrogen and oxygen atoms in total. The number of aliphatic carboxylic acids is 1. The standard InChI is InChI=1S/C21H22N2O6/c1-13(15-7-9-16(10-8-15)28-12-20(25)26)22-19(24)11-23-17-5-3-4-6-18(17)29-14(2)21(23)27/h3-10,13-14H,11-12H2,1-2H3,(H,22,24)(H,25,26). The molecule has 8 heteroatoms. The first-order valence-corrected chi connectivity index (χ1v) is 9.16. The van der Waals surface area contributed by atoms with Gasteiger partial charge in [0.2, 0.25) is 5.91 Å². The van der Waals surface area contributed by atoms with Crippen LogP contribution < -0.4 is 19.7 Å². The summed E-state index contributed by atoms with van der Waals surface area (Å²) in [6, 6.07) is 13.6. The van der Waals surface area contributed by atoms with Crippen molar-refractivity contribution < 1.29 is 29.0 Å². The van der Waals surface area contributed by atoms with Crippen LogP contribution in [0.4, 0.5) is 5.69 Å². The molecule has 152 valence electrons. The summed E-state index contributed by atoms with van der Waals surface area (Å²) in [5.41, 5.74) is 1.39.